The third kappa shape index (κ3) is 5.15. The van der Waals surface area contributed by atoms with E-state index in [9.17, 15) is 14.4 Å². The summed E-state index contributed by atoms with van der Waals surface area (Å²) in [6.45, 7) is 1.46. The molecule has 0 saturated carbocycles. The van der Waals surface area contributed by atoms with Gasteiger partial charge in [-0.15, -0.1) is 0 Å². The van der Waals surface area contributed by atoms with E-state index in [1.807, 2.05) is 42.5 Å². The molecule has 3 aromatic rings. The molecule has 34 heavy (non-hydrogen) atoms. The molecular weight excluding hydrogens is 432 g/mol. The first-order chi connectivity index (χ1) is 16.4. The van der Waals surface area contributed by atoms with Gasteiger partial charge in [0.25, 0.3) is 0 Å². The lowest BCUT2D eigenvalue weighted by atomic mass is 9.81. The molecule has 0 aliphatic carbocycles. The van der Waals surface area contributed by atoms with Crippen LogP contribution in [0, 0.1) is 0 Å². The first kappa shape index (κ1) is 24.7. The number of amides is 1. The van der Waals surface area contributed by atoms with Gasteiger partial charge in [-0.3, -0.25) is 10.1 Å². The fourth-order valence-electron chi connectivity index (χ4n) is 3.94. The average molecular weight is 461 g/mol. The molecule has 0 radical (unpaired) electrons. The fraction of sp³-hybridized carbons (Fsp3) is 0.222. The number of rotatable bonds is 9. The first-order valence-electron chi connectivity index (χ1n) is 10.8. The molecule has 0 spiro atoms. The van der Waals surface area contributed by atoms with Crippen LogP contribution < -0.4 is 10.6 Å². The van der Waals surface area contributed by atoms with Gasteiger partial charge < -0.3 is 14.8 Å². The second-order valence-corrected chi connectivity index (χ2v) is 7.93. The SMILES string of the molecule is COC(=O)C(C)(NC(=O)Cc1ccccc1)NC(C(=O)OC)(c1ccccc1)c1ccccc1. The molecule has 3 aromatic carbocycles. The van der Waals surface area contributed by atoms with Crippen molar-refractivity contribution < 1.29 is 23.9 Å². The standard InChI is InChI=1S/C27H28N2O5/c1-26(24(31)33-2,28-23(30)19-20-13-7-4-8-14-20)29-27(25(32)34-3,21-15-9-5-10-16-21)22-17-11-6-12-18-22/h4-18,29H,19H2,1-3H3,(H,28,30). The van der Waals surface area contributed by atoms with Crippen molar-refractivity contribution in [2.45, 2.75) is 24.5 Å². The van der Waals surface area contributed by atoms with Gasteiger partial charge in [0.05, 0.1) is 20.6 Å². The van der Waals surface area contributed by atoms with Crippen molar-refractivity contribution in [3.63, 3.8) is 0 Å². The van der Waals surface area contributed by atoms with Gasteiger partial charge in [0.2, 0.25) is 5.91 Å². The lowest BCUT2D eigenvalue weighted by Crippen LogP contribution is -2.70. The van der Waals surface area contributed by atoms with Crippen molar-refractivity contribution in [3.05, 3.63) is 108 Å². The molecular formula is C27H28N2O5. The lowest BCUT2D eigenvalue weighted by molar-refractivity contribution is -0.157. The zero-order chi connectivity index (χ0) is 24.6. The van der Waals surface area contributed by atoms with E-state index in [1.54, 1.807) is 48.5 Å². The lowest BCUT2D eigenvalue weighted by Gasteiger charge is -2.41. The van der Waals surface area contributed by atoms with Crippen LogP contribution in [0.5, 0.6) is 0 Å². The van der Waals surface area contributed by atoms with Gasteiger partial charge in [-0.05, 0) is 23.6 Å². The summed E-state index contributed by atoms with van der Waals surface area (Å²) in [5.41, 5.74) is -1.57. The Kier molecular flexibility index (Phi) is 7.81. The summed E-state index contributed by atoms with van der Waals surface area (Å²) in [4.78, 5) is 39.4. The second kappa shape index (κ2) is 10.8. The van der Waals surface area contributed by atoms with Crippen LogP contribution in [0.15, 0.2) is 91.0 Å². The molecule has 7 nitrogen and oxygen atoms in total. The third-order valence-electron chi connectivity index (χ3n) is 5.53. The molecule has 1 unspecified atom stereocenters. The summed E-state index contributed by atoms with van der Waals surface area (Å²) in [5.74, 6) is -1.85. The third-order valence-corrected chi connectivity index (χ3v) is 5.53. The Bertz CT molecular complexity index is 1080. The molecule has 176 valence electrons. The highest BCUT2D eigenvalue weighted by Gasteiger charge is 2.51. The summed E-state index contributed by atoms with van der Waals surface area (Å²) in [7, 11) is 2.49. The minimum absolute atomic E-state index is 0.0387. The number of hydrogen-bond acceptors (Lipinski definition) is 6. The van der Waals surface area contributed by atoms with E-state index >= 15 is 0 Å². The summed E-state index contributed by atoms with van der Waals surface area (Å²) in [6, 6.07) is 26.9. The van der Waals surface area contributed by atoms with Crippen LogP contribution in [0.2, 0.25) is 0 Å². The zero-order valence-electron chi connectivity index (χ0n) is 19.4. The maximum atomic E-state index is 13.5. The first-order valence-corrected chi connectivity index (χ1v) is 10.8. The highest BCUT2D eigenvalue weighted by molar-refractivity contribution is 5.92. The highest BCUT2D eigenvalue weighted by Crippen LogP contribution is 2.33. The molecule has 7 heteroatoms. The largest absolute Gasteiger partial charge is 0.467 e. The number of ether oxygens (including phenoxy) is 2. The van der Waals surface area contributed by atoms with E-state index in [1.165, 1.54) is 21.1 Å². The molecule has 1 amide bonds. The molecule has 0 aliphatic heterocycles. The van der Waals surface area contributed by atoms with Gasteiger partial charge in [0, 0.05) is 0 Å². The second-order valence-electron chi connectivity index (χ2n) is 7.93. The Labute approximate surface area is 199 Å². The van der Waals surface area contributed by atoms with Crippen LogP contribution in [-0.4, -0.2) is 37.7 Å². The highest BCUT2D eigenvalue weighted by atomic mass is 16.5. The molecule has 0 saturated heterocycles. The van der Waals surface area contributed by atoms with Crippen molar-refractivity contribution in [2.24, 2.45) is 0 Å². The Morgan fingerprint density at radius 1 is 0.706 bits per heavy atom. The quantitative estimate of drug-likeness (QED) is 0.377. The monoisotopic (exact) mass is 460 g/mol. The minimum Gasteiger partial charge on any atom is -0.467 e. The summed E-state index contributed by atoms with van der Waals surface area (Å²) < 4.78 is 10.2. The van der Waals surface area contributed by atoms with E-state index in [0.717, 1.165) is 5.56 Å². The number of carbonyl (C=O) groups excluding carboxylic acids is 3. The van der Waals surface area contributed by atoms with E-state index < -0.39 is 29.0 Å². The van der Waals surface area contributed by atoms with E-state index in [2.05, 4.69) is 10.6 Å². The van der Waals surface area contributed by atoms with Crippen molar-refractivity contribution in [3.8, 4) is 0 Å². The molecule has 0 bridgehead atoms. The minimum atomic E-state index is -1.78. The van der Waals surface area contributed by atoms with Crippen molar-refractivity contribution in [1.82, 2.24) is 10.6 Å². The fourth-order valence-corrected chi connectivity index (χ4v) is 3.94. The van der Waals surface area contributed by atoms with Gasteiger partial charge in [-0.1, -0.05) is 91.0 Å². The van der Waals surface area contributed by atoms with Crippen molar-refractivity contribution in [2.75, 3.05) is 14.2 Å². The van der Waals surface area contributed by atoms with Crippen LogP contribution in [0.4, 0.5) is 0 Å². The van der Waals surface area contributed by atoms with Crippen LogP contribution in [0.25, 0.3) is 0 Å². The molecule has 1 atom stereocenters. The molecule has 3 rings (SSSR count). The van der Waals surface area contributed by atoms with Gasteiger partial charge in [-0.25, -0.2) is 9.59 Å². The van der Waals surface area contributed by atoms with E-state index in [4.69, 9.17) is 9.47 Å². The van der Waals surface area contributed by atoms with Gasteiger partial charge >= 0.3 is 11.9 Å². The van der Waals surface area contributed by atoms with Crippen LogP contribution in [0.1, 0.15) is 23.6 Å². The predicted octanol–water partition coefficient (Wildman–Crippen LogP) is 2.94. The molecule has 0 aliphatic rings. The molecule has 0 aromatic heterocycles. The molecule has 0 heterocycles. The van der Waals surface area contributed by atoms with Gasteiger partial charge in [0.15, 0.2) is 11.2 Å². The Hall–Kier alpha value is -3.97. The molecule has 2 N–H and O–H groups in total. The summed E-state index contributed by atoms with van der Waals surface area (Å²) in [6.07, 6.45) is 0.0387. The maximum absolute atomic E-state index is 13.5. The Morgan fingerprint density at radius 2 is 1.15 bits per heavy atom. The zero-order valence-corrected chi connectivity index (χ0v) is 19.4. The number of esters is 2. The topological polar surface area (TPSA) is 93.7 Å². The number of benzene rings is 3. The van der Waals surface area contributed by atoms with Crippen LogP contribution >= 0.6 is 0 Å². The number of nitrogens with one attached hydrogen (secondary N) is 2. The number of carbonyl (C=O) groups is 3. The summed E-state index contributed by atoms with van der Waals surface area (Å²) >= 11 is 0. The molecule has 0 fully saturated rings. The van der Waals surface area contributed by atoms with E-state index in [-0.39, 0.29) is 6.42 Å². The number of methoxy groups -OCH3 is 2. The average Bonchev–Trinajstić information content (AvgIpc) is 2.87. The summed E-state index contributed by atoms with van der Waals surface area (Å²) in [5, 5.41) is 5.85. The normalized spacial score (nSPS) is 12.8. The van der Waals surface area contributed by atoms with Crippen LogP contribution in [0.3, 0.4) is 0 Å². The maximum Gasteiger partial charge on any atom is 0.346 e. The van der Waals surface area contributed by atoms with Crippen molar-refractivity contribution >= 4 is 17.8 Å². The Balaban J connectivity index is 2.10. The number of hydrogen-bond donors (Lipinski definition) is 2. The Morgan fingerprint density at radius 3 is 1.59 bits per heavy atom. The predicted molar refractivity (Wildman–Crippen MR) is 128 cm³/mol. The van der Waals surface area contributed by atoms with Gasteiger partial charge in [-0.2, -0.15) is 0 Å². The van der Waals surface area contributed by atoms with Gasteiger partial charge in [0.1, 0.15) is 0 Å². The van der Waals surface area contributed by atoms with Crippen LogP contribution in [-0.2, 0) is 35.8 Å². The van der Waals surface area contributed by atoms with Crippen molar-refractivity contribution in [1.29, 1.82) is 0 Å². The smallest absolute Gasteiger partial charge is 0.346 e. The van der Waals surface area contributed by atoms with E-state index in [0.29, 0.717) is 11.1 Å².